The van der Waals surface area contributed by atoms with Crippen molar-refractivity contribution in [3.8, 4) is 0 Å². The minimum Gasteiger partial charge on any atom is -0.456 e. The Morgan fingerprint density at radius 3 is 2.06 bits per heavy atom. The zero-order valence-electron chi connectivity index (χ0n) is 20.2. The Balaban J connectivity index is 1.59. The second kappa shape index (κ2) is 12.2. The summed E-state index contributed by atoms with van der Waals surface area (Å²) in [5, 5.41) is 3.01. The van der Waals surface area contributed by atoms with Crippen LogP contribution in [0.25, 0.3) is 6.08 Å². The number of allylic oxidation sites excluding steroid dienone is 1. The van der Waals surface area contributed by atoms with Gasteiger partial charge in [-0.2, -0.15) is 0 Å². The molecule has 4 aromatic rings. The molecule has 0 unspecified atom stereocenters. The highest BCUT2D eigenvalue weighted by Gasteiger charge is 2.23. The molecule has 0 saturated heterocycles. The summed E-state index contributed by atoms with van der Waals surface area (Å²) in [5.41, 5.74) is 4.39. The predicted octanol–water partition coefficient (Wildman–Crippen LogP) is 6.32. The summed E-state index contributed by atoms with van der Waals surface area (Å²) in [6, 6.07) is 30.4. The second-order valence-electron chi connectivity index (χ2n) is 8.26. The number of aromatic nitrogens is 1. The summed E-state index contributed by atoms with van der Waals surface area (Å²) in [4.78, 5) is 31.0. The first-order valence-corrected chi connectivity index (χ1v) is 11.8. The molecule has 0 atom stereocenters. The van der Waals surface area contributed by atoms with Crippen LogP contribution in [-0.2, 0) is 24.4 Å². The highest BCUT2D eigenvalue weighted by Crippen LogP contribution is 2.26. The summed E-state index contributed by atoms with van der Waals surface area (Å²) in [6.45, 7) is 2.77. The minimum absolute atomic E-state index is 0.165. The molecule has 36 heavy (non-hydrogen) atoms. The number of carbonyl (C=O) groups is 2. The maximum atomic E-state index is 13.4. The van der Waals surface area contributed by atoms with Crippen LogP contribution in [0.4, 0.5) is 10.5 Å². The lowest BCUT2D eigenvalue weighted by molar-refractivity contribution is 0.0466. The van der Waals surface area contributed by atoms with E-state index in [1.165, 1.54) is 0 Å². The van der Waals surface area contributed by atoms with Crippen LogP contribution in [-0.4, -0.2) is 17.0 Å². The Bertz CT molecular complexity index is 1300. The van der Waals surface area contributed by atoms with E-state index in [1.54, 1.807) is 11.0 Å². The molecule has 0 aliphatic heterocycles. The van der Waals surface area contributed by atoms with Gasteiger partial charge < -0.3 is 15.0 Å². The number of urea groups is 1. The van der Waals surface area contributed by atoms with Crippen molar-refractivity contribution in [1.82, 2.24) is 10.3 Å². The molecule has 0 aliphatic rings. The third kappa shape index (κ3) is 6.51. The molecule has 0 aliphatic carbocycles. The molecule has 0 saturated carbocycles. The van der Waals surface area contributed by atoms with E-state index in [9.17, 15) is 9.59 Å². The number of hydrogen-bond acceptors (Lipinski definition) is 3. The zero-order valence-corrected chi connectivity index (χ0v) is 20.2. The van der Waals surface area contributed by atoms with Gasteiger partial charge in [-0.1, -0.05) is 97.1 Å². The number of aromatic amines is 1. The van der Waals surface area contributed by atoms with Gasteiger partial charge in [0.15, 0.2) is 0 Å². The Hall–Kier alpha value is -4.58. The second-order valence-corrected chi connectivity index (χ2v) is 8.26. The third-order valence-corrected chi connectivity index (χ3v) is 5.60. The van der Waals surface area contributed by atoms with Gasteiger partial charge in [-0.05, 0) is 35.8 Å². The van der Waals surface area contributed by atoms with Gasteiger partial charge in [0.05, 0.1) is 17.9 Å². The van der Waals surface area contributed by atoms with Crippen LogP contribution >= 0.6 is 0 Å². The van der Waals surface area contributed by atoms with Crippen molar-refractivity contribution in [3.05, 3.63) is 131 Å². The fourth-order valence-electron chi connectivity index (χ4n) is 3.79. The quantitative estimate of drug-likeness (QED) is 0.276. The number of amides is 2. The highest BCUT2D eigenvalue weighted by atomic mass is 16.5. The van der Waals surface area contributed by atoms with Crippen molar-refractivity contribution >= 4 is 23.8 Å². The van der Waals surface area contributed by atoms with E-state index in [4.69, 9.17) is 4.74 Å². The molecule has 0 fully saturated rings. The summed E-state index contributed by atoms with van der Waals surface area (Å²) >= 11 is 0. The molecule has 0 radical (unpaired) electrons. The van der Waals surface area contributed by atoms with Crippen LogP contribution < -0.4 is 10.2 Å². The van der Waals surface area contributed by atoms with E-state index in [0.717, 1.165) is 16.7 Å². The van der Waals surface area contributed by atoms with Gasteiger partial charge >= 0.3 is 12.0 Å². The van der Waals surface area contributed by atoms with Gasteiger partial charge in [0.1, 0.15) is 12.3 Å². The normalized spacial score (nSPS) is 10.8. The molecule has 2 N–H and O–H groups in total. The van der Waals surface area contributed by atoms with Crippen LogP contribution in [0.3, 0.4) is 0 Å². The first-order chi connectivity index (χ1) is 17.6. The highest BCUT2D eigenvalue weighted by molar-refractivity contribution is 5.97. The number of rotatable bonds is 9. The average Bonchev–Trinajstić information content (AvgIpc) is 3.34. The lowest BCUT2D eigenvalue weighted by atomic mass is 10.2. The zero-order chi connectivity index (χ0) is 25.2. The van der Waals surface area contributed by atoms with Gasteiger partial charge in [0.25, 0.3) is 0 Å². The fourth-order valence-corrected chi connectivity index (χ4v) is 3.79. The van der Waals surface area contributed by atoms with E-state index >= 15 is 0 Å². The average molecular weight is 480 g/mol. The Morgan fingerprint density at radius 1 is 0.861 bits per heavy atom. The Morgan fingerprint density at radius 2 is 1.44 bits per heavy atom. The molecule has 0 spiro atoms. The Labute approximate surface area is 211 Å². The molecule has 4 rings (SSSR count). The van der Waals surface area contributed by atoms with Crippen molar-refractivity contribution in [2.45, 2.75) is 26.6 Å². The molecule has 6 heteroatoms. The number of nitrogens with zero attached hydrogens (tertiary/aromatic N) is 1. The molecular formula is C30H29N3O3. The van der Waals surface area contributed by atoms with Crippen molar-refractivity contribution in [2.24, 2.45) is 0 Å². The fraction of sp³-hybridized carbons (Fsp3) is 0.133. The molecule has 3 aromatic carbocycles. The number of ether oxygens (including phenoxy) is 1. The summed E-state index contributed by atoms with van der Waals surface area (Å²) in [5.74, 6) is -0.486. The van der Waals surface area contributed by atoms with Gasteiger partial charge in [-0.25, -0.2) is 9.59 Å². The summed E-state index contributed by atoms with van der Waals surface area (Å²) in [7, 11) is 0. The lowest BCUT2D eigenvalue weighted by Crippen LogP contribution is -2.39. The van der Waals surface area contributed by atoms with Crippen molar-refractivity contribution in [1.29, 1.82) is 0 Å². The largest absolute Gasteiger partial charge is 0.456 e. The van der Waals surface area contributed by atoms with E-state index in [0.29, 0.717) is 24.5 Å². The van der Waals surface area contributed by atoms with E-state index < -0.39 is 5.97 Å². The van der Waals surface area contributed by atoms with Crippen molar-refractivity contribution in [2.75, 3.05) is 4.90 Å². The molecule has 1 aromatic heterocycles. The maximum Gasteiger partial charge on any atom is 0.355 e. The standard InChI is InChI=1S/C30H29N3O3/c1-2-12-26-28(19-27(32-26)29(34)36-22-25-17-10-5-11-18-25)33(21-24-15-8-4-9-16-24)30(35)31-20-23-13-6-3-7-14-23/h2-19,32H,20-22H2,1H3,(H,31,35)/b12-2-. The minimum atomic E-state index is -0.486. The van der Waals surface area contributed by atoms with Crippen LogP contribution in [0.1, 0.15) is 39.8 Å². The Kier molecular flexibility index (Phi) is 8.33. The van der Waals surface area contributed by atoms with Crippen LogP contribution in [0, 0.1) is 0 Å². The topological polar surface area (TPSA) is 74.4 Å². The van der Waals surface area contributed by atoms with Crippen molar-refractivity contribution < 1.29 is 14.3 Å². The van der Waals surface area contributed by atoms with Gasteiger partial charge in [0, 0.05) is 6.54 Å². The molecule has 0 bridgehead atoms. The van der Waals surface area contributed by atoms with Crippen LogP contribution in [0.2, 0.25) is 0 Å². The van der Waals surface area contributed by atoms with E-state index in [1.807, 2.05) is 110 Å². The van der Waals surface area contributed by atoms with Gasteiger partial charge in [-0.3, -0.25) is 4.90 Å². The number of anilines is 1. The maximum absolute atomic E-state index is 13.4. The van der Waals surface area contributed by atoms with Crippen LogP contribution in [0.15, 0.2) is 103 Å². The number of H-pyrrole nitrogens is 1. The molecule has 1 heterocycles. The third-order valence-electron chi connectivity index (χ3n) is 5.60. The summed E-state index contributed by atoms with van der Waals surface area (Å²) in [6.07, 6.45) is 3.70. The first kappa shape index (κ1) is 24.5. The van der Waals surface area contributed by atoms with Crippen molar-refractivity contribution in [3.63, 3.8) is 0 Å². The predicted molar refractivity (Wildman–Crippen MR) is 142 cm³/mol. The summed E-state index contributed by atoms with van der Waals surface area (Å²) < 4.78 is 5.51. The van der Waals surface area contributed by atoms with E-state index in [2.05, 4.69) is 10.3 Å². The number of benzene rings is 3. The SMILES string of the molecule is C/C=C\c1[nH]c(C(=O)OCc2ccccc2)cc1N(Cc1ccccc1)C(=O)NCc1ccccc1. The monoisotopic (exact) mass is 479 g/mol. The lowest BCUT2D eigenvalue weighted by Gasteiger charge is -2.23. The first-order valence-electron chi connectivity index (χ1n) is 11.8. The number of hydrogen-bond donors (Lipinski definition) is 2. The smallest absolute Gasteiger partial charge is 0.355 e. The molecular weight excluding hydrogens is 450 g/mol. The van der Waals surface area contributed by atoms with E-state index in [-0.39, 0.29) is 18.3 Å². The molecule has 6 nitrogen and oxygen atoms in total. The van der Waals surface area contributed by atoms with Crippen LogP contribution in [0.5, 0.6) is 0 Å². The number of carbonyl (C=O) groups excluding carboxylic acids is 2. The van der Waals surface area contributed by atoms with Gasteiger partial charge in [0.2, 0.25) is 0 Å². The molecule has 182 valence electrons. The number of esters is 1. The molecule has 2 amide bonds. The number of nitrogens with one attached hydrogen (secondary N) is 2. The van der Waals surface area contributed by atoms with Gasteiger partial charge in [-0.15, -0.1) is 0 Å².